The second kappa shape index (κ2) is 6.49. The van der Waals surface area contributed by atoms with Gasteiger partial charge >= 0.3 is 0 Å². The van der Waals surface area contributed by atoms with Crippen LogP contribution in [0.5, 0.6) is 0 Å². The van der Waals surface area contributed by atoms with Crippen LogP contribution in [0, 0.1) is 0 Å². The third kappa shape index (κ3) is 4.03. The summed E-state index contributed by atoms with van der Waals surface area (Å²) >= 11 is 5.43. The van der Waals surface area contributed by atoms with E-state index in [0.717, 1.165) is 17.9 Å². The lowest BCUT2D eigenvalue weighted by atomic mass is 10.2. The van der Waals surface area contributed by atoms with E-state index in [4.69, 9.17) is 5.73 Å². The number of nitrogens with two attached hydrogens (primary N) is 1. The lowest BCUT2D eigenvalue weighted by Crippen LogP contribution is -2.21. The van der Waals surface area contributed by atoms with Gasteiger partial charge in [0.2, 0.25) is 0 Å². The smallest absolute Gasteiger partial charge is 0.0215 e. The fourth-order valence-corrected chi connectivity index (χ4v) is 2.79. The first kappa shape index (κ1) is 12.1. The molecule has 1 rings (SSSR count). The molecule has 0 saturated carbocycles. The third-order valence-electron chi connectivity index (χ3n) is 2.07. The monoisotopic (exact) mass is 273 g/mol. The number of hydrogen-bond acceptors (Lipinski definition) is 2. The van der Waals surface area contributed by atoms with Gasteiger partial charge in [0.1, 0.15) is 0 Å². The molecular formula is C11H16BrNS. The molecule has 1 atom stereocenters. The van der Waals surface area contributed by atoms with Gasteiger partial charge in [-0.25, -0.2) is 0 Å². The molecule has 1 aromatic carbocycles. The van der Waals surface area contributed by atoms with Gasteiger partial charge in [0.15, 0.2) is 0 Å². The van der Waals surface area contributed by atoms with E-state index in [0.29, 0.717) is 6.04 Å². The summed E-state index contributed by atoms with van der Waals surface area (Å²) < 4.78 is 1.19. The highest BCUT2D eigenvalue weighted by atomic mass is 79.9. The predicted octanol–water partition coefficient (Wildman–Crippen LogP) is 3.42. The first-order valence-corrected chi connectivity index (χ1v) is 6.75. The van der Waals surface area contributed by atoms with E-state index < -0.39 is 0 Å². The molecule has 0 radical (unpaired) electrons. The molecule has 0 aliphatic rings. The van der Waals surface area contributed by atoms with Crippen LogP contribution in [0.2, 0.25) is 0 Å². The maximum atomic E-state index is 5.84. The van der Waals surface area contributed by atoms with Gasteiger partial charge in [0.05, 0.1) is 0 Å². The van der Waals surface area contributed by atoms with Crippen molar-refractivity contribution in [3.8, 4) is 0 Å². The van der Waals surface area contributed by atoms with E-state index >= 15 is 0 Å². The van der Waals surface area contributed by atoms with Crippen LogP contribution in [0.15, 0.2) is 28.7 Å². The van der Waals surface area contributed by atoms with Crippen molar-refractivity contribution in [2.24, 2.45) is 5.73 Å². The zero-order valence-electron chi connectivity index (χ0n) is 8.37. The number of benzene rings is 1. The van der Waals surface area contributed by atoms with Crippen LogP contribution in [-0.2, 0) is 5.75 Å². The van der Waals surface area contributed by atoms with Crippen LogP contribution in [-0.4, -0.2) is 11.8 Å². The highest BCUT2D eigenvalue weighted by molar-refractivity contribution is 9.10. The standard InChI is InChI=1S/C11H16BrNS/c1-2-10(13)8-14-7-9-5-3-4-6-11(9)12/h3-6,10H,2,7-8,13H2,1H3. The summed E-state index contributed by atoms with van der Waals surface area (Å²) in [5.41, 5.74) is 7.19. The summed E-state index contributed by atoms with van der Waals surface area (Å²) in [5.74, 6) is 2.08. The molecule has 0 amide bonds. The Balaban J connectivity index is 2.35. The average molecular weight is 274 g/mol. The SMILES string of the molecule is CCC(N)CSCc1ccccc1Br. The zero-order chi connectivity index (χ0) is 10.4. The molecule has 0 aliphatic heterocycles. The molecule has 0 fully saturated rings. The second-order valence-corrected chi connectivity index (χ2v) is 5.16. The van der Waals surface area contributed by atoms with Gasteiger partial charge in [0.25, 0.3) is 0 Å². The molecular weight excluding hydrogens is 258 g/mol. The Bertz CT molecular complexity index is 278. The quantitative estimate of drug-likeness (QED) is 0.890. The maximum Gasteiger partial charge on any atom is 0.0215 e. The third-order valence-corrected chi connectivity index (χ3v) is 4.02. The van der Waals surface area contributed by atoms with Crippen molar-refractivity contribution in [3.05, 3.63) is 34.3 Å². The second-order valence-electron chi connectivity index (χ2n) is 3.27. The molecule has 78 valence electrons. The van der Waals surface area contributed by atoms with Crippen LogP contribution in [0.25, 0.3) is 0 Å². The molecule has 0 bridgehead atoms. The summed E-state index contributed by atoms with van der Waals surface area (Å²) in [6.45, 7) is 2.13. The Morgan fingerprint density at radius 3 is 2.79 bits per heavy atom. The predicted molar refractivity (Wildman–Crippen MR) is 68.6 cm³/mol. The maximum absolute atomic E-state index is 5.84. The Morgan fingerprint density at radius 1 is 1.43 bits per heavy atom. The van der Waals surface area contributed by atoms with Crippen molar-refractivity contribution in [2.75, 3.05) is 5.75 Å². The van der Waals surface area contributed by atoms with Gasteiger partial charge in [-0.1, -0.05) is 41.1 Å². The zero-order valence-corrected chi connectivity index (χ0v) is 10.8. The molecule has 0 aromatic heterocycles. The molecule has 14 heavy (non-hydrogen) atoms. The van der Waals surface area contributed by atoms with Crippen molar-refractivity contribution >= 4 is 27.7 Å². The van der Waals surface area contributed by atoms with Crippen LogP contribution in [0.1, 0.15) is 18.9 Å². The first-order chi connectivity index (χ1) is 6.74. The lowest BCUT2D eigenvalue weighted by molar-refractivity contribution is 0.725. The molecule has 3 heteroatoms. The molecule has 0 aliphatic carbocycles. The van der Waals surface area contributed by atoms with Gasteiger partial charge in [-0.2, -0.15) is 11.8 Å². The molecule has 1 aromatic rings. The summed E-state index contributed by atoms with van der Waals surface area (Å²) in [5, 5.41) is 0. The minimum Gasteiger partial charge on any atom is -0.327 e. The summed E-state index contributed by atoms with van der Waals surface area (Å²) in [7, 11) is 0. The van der Waals surface area contributed by atoms with E-state index in [1.165, 1.54) is 10.0 Å². The Labute approximate surface area is 98.6 Å². The van der Waals surface area contributed by atoms with E-state index in [2.05, 4.69) is 41.1 Å². The average Bonchev–Trinajstić information content (AvgIpc) is 2.20. The number of hydrogen-bond donors (Lipinski definition) is 1. The van der Waals surface area contributed by atoms with E-state index in [1.54, 1.807) is 0 Å². The van der Waals surface area contributed by atoms with Gasteiger partial charge < -0.3 is 5.73 Å². The molecule has 0 saturated heterocycles. The minimum absolute atomic E-state index is 0.336. The number of thioether (sulfide) groups is 1. The highest BCUT2D eigenvalue weighted by Gasteiger charge is 2.01. The van der Waals surface area contributed by atoms with Crippen LogP contribution in [0.3, 0.4) is 0 Å². The Kier molecular flexibility index (Phi) is 5.60. The van der Waals surface area contributed by atoms with E-state index in [9.17, 15) is 0 Å². The van der Waals surface area contributed by atoms with Gasteiger partial charge in [-0.15, -0.1) is 0 Å². The van der Waals surface area contributed by atoms with Crippen molar-refractivity contribution in [1.29, 1.82) is 0 Å². The molecule has 0 spiro atoms. The summed E-state index contributed by atoms with van der Waals surface area (Å²) in [6, 6.07) is 8.67. The fraction of sp³-hybridized carbons (Fsp3) is 0.455. The number of halogens is 1. The fourth-order valence-electron chi connectivity index (χ4n) is 1.05. The Morgan fingerprint density at radius 2 is 2.14 bits per heavy atom. The topological polar surface area (TPSA) is 26.0 Å². The van der Waals surface area contributed by atoms with E-state index in [-0.39, 0.29) is 0 Å². The van der Waals surface area contributed by atoms with E-state index in [1.807, 2.05) is 17.8 Å². The van der Waals surface area contributed by atoms with Gasteiger partial charge in [-0.3, -0.25) is 0 Å². The first-order valence-electron chi connectivity index (χ1n) is 4.80. The molecule has 0 heterocycles. The summed E-state index contributed by atoms with van der Waals surface area (Å²) in [6.07, 6.45) is 1.06. The normalized spacial score (nSPS) is 12.8. The van der Waals surface area contributed by atoms with Gasteiger partial charge in [-0.05, 0) is 18.1 Å². The van der Waals surface area contributed by atoms with Crippen LogP contribution >= 0.6 is 27.7 Å². The van der Waals surface area contributed by atoms with Crippen molar-refractivity contribution in [2.45, 2.75) is 25.1 Å². The summed E-state index contributed by atoms with van der Waals surface area (Å²) in [4.78, 5) is 0. The molecule has 1 nitrogen and oxygen atoms in total. The Hall–Kier alpha value is 0.01000. The molecule has 1 unspecified atom stereocenters. The highest BCUT2D eigenvalue weighted by Crippen LogP contribution is 2.21. The largest absolute Gasteiger partial charge is 0.327 e. The van der Waals surface area contributed by atoms with Gasteiger partial charge in [0, 0.05) is 22.0 Å². The lowest BCUT2D eigenvalue weighted by Gasteiger charge is -2.08. The van der Waals surface area contributed by atoms with Crippen molar-refractivity contribution in [3.63, 3.8) is 0 Å². The molecule has 2 N–H and O–H groups in total. The van der Waals surface area contributed by atoms with Crippen molar-refractivity contribution < 1.29 is 0 Å². The number of rotatable bonds is 5. The van der Waals surface area contributed by atoms with Crippen molar-refractivity contribution in [1.82, 2.24) is 0 Å². The van der Waals surface area contributed by atoms with Crippen LogP contribution < -0.4 is 5.73 Å². The van der Waals surface area contributed by atoms with Crippen LogP contribution in [0.4, 0.5) is 0 Å². The minimum atomic E-state index is 0.336.